The third-order valence-electron chi connectivity index (χ3n) is 6.25. The van der Waals surface area contributed by atoms with Crippen molar-refractivity contribution in [1.29, 1.82) is 0 Å². The summed E-state index contributed by atoms with van der Waals surface area (Å²) in [6, 6.07) is 11.7. The molecule has 2 rings (SSSR count). The molecule has 0 aliphatic carbocycles. The molecule has 2 aromatic rings. The fourth-order valence-electron chi connectivity index (χ4n) is 3.85. The average Bonchev–Trinajstić information content (AvgIpc) is 2.85. The number of sulfonamides is 1. The van der Waals surface area contributed by atoms with Gasteiger partial charge in [0, 0.05) is 30.6 Å². The maximum absolute atomic E-state index is 13.4. The molecule has 1 N–H and O–H groups in total. The molecule has 0 unspecified atom stereocenters. The molecule has 0 saturated heterocycles. The van der Waals surface area contributed by atoms with Gasteiger partial charge in [-0.3, -0.25) is 13.9 Å². The Bertz CT molecular complexity index is 1190. The number of aryl methyl sites for hydroxylation is 1. The van der Waals surface area contributed by atoms with Crippen LogP contribution in [0.3, 0.4) is 0 Å². The zero-order chi connectivity index (χ0) is 27.8. The fraction of sp³-hybridized carbons (Fsp3) is 0.481. The molecule has 2 aromatic carbocycles. The van der Waals surface area contributed by atoms with Gasteiger partial charge in [0.15, 0.2) is 0 Å². The first kappa shape index (κ1) is 30.4. The van der Waals surface area contributed by atoms with Crippen LogP contribution in [0.5, 0.6) is 5.75 Å². The second-order valence-corrected chi connectivity index (χ2v) is 11.6. The van der Waals surface area contributed by atoms with Crippen molar-refractivity contribution in [1.82, 2.24) is 10.2 Å². The van der Waals surface area contributed by atoms with E-state index in [1.165, 1.54) is 9.21 Å². The van der Waals surface area contributed by atoms with Gasteiger partial charge in [-0.15, -0.1) is 0 Å². The summed E-state index contributed by atoms with van der Waals surface area (Å²) in [6.45, 7) is 7.72. The molecule has 0 spiro atoms. The van der Waals surface area contributed by atoms with Crippen molar-refractivity contribution in [2.24, 2.45) is 0 Å². The van der Waals surface area contributed by atoms with Gasteiger partial charge in [-0.1, -0.05) is 36.7 Å². The van der Waals surface area contributed by atoms with Crippen LogP contribution < -0.4 is 14.4 Å². The molecule has 0 saturated carbocycles. The summed E-state index contributed by atoms with van der Waals surface area (Å²) in [5.74, 6) is 0.172. The van der Waals surface area contributed by atoms with Crippen molar-refractivity contribution >= 4 is 39.1 Å². The molecule has 0 aliphatic rings. The largest absolute Gasteiger partial charge is 0.497 e. The highest BCUT2D eigenvalue weighted by Gasteiger charge is 2.27. The van der Waals surface area contributed by atoms with E-state index < -0.39 is 16.1 Å². The minimum Gasteiger partial charge on any atom is -0.497 e. The molecular formula is C27H38ClN3O5S. The maximum Gasteiger partial charge on any atom is 0.242 e. The highest BCUT2D eigenvalue weighted by atomic mass is 35.5. The van der Waals surface area contributed by atoms with Crippen molar-refractivity contribution in [3.63, 3.8) is 0 Å². The first-order valence-corrected chi connectivity index (χ1v) is 14.6. The zero-order valence-corrected chi connectivity index (χ0v) is 24.0. The quantitative estimate of drug-likeness (QED) is 0.394. The predicted octanol–water partition coefficient (Wildman–Crippen LogP) is 4.54. The van der Waals surface area contributed by atoms with E-state index in [1.54, 1.807) is 32.2 Å². The molecule has 0 aromatic heterocycles. The number of ether oxygens (including phenoxy) is 1. The monoisotopic (exact) mass is 551 g/mol. The third kappa shape index (κ3) is 8.93. The summed E-state index contributed by atoms with van der Waals surface area (Å²) in [6.07, 6.45) is 2.24. The number of halogens is 1. The second kappa shape index (κ2) is 13.7. The Hall–Kier alpha value is -2.78. The van der Waals surface area contributed by atoms with E-state index in [-0.39, 0.29) is 43.8 Å². The summed E-state index contributed by atoms with van der Waals surface area (Å²) < 4.78 is 31.7. The Morgan fingerprint density at radius 2 is 1.84 bits per heavy atom. The van der Waals surface area contributed by atoms with Crippen LogP contribution in [0.25, 0.3) is 0 Å². The van der Waals surface area contributed by atoms with Crippen LogP contribution in [0, 0.1) is 6.92 Å². The molecule has 8 nitrogen and oxygen atoms in total. The fourth-order valence-corrected chi connectivity index (χ4v) is 5.03. The number of rotatable bonds is 13. The third-order valence-corrected chi connectivity index (χ3v) is 7.66. The van der Waals surface area contributed by atoms with Crippen LogP contribution in [0.1, 0.15) is 51.2 Å². The summed E-state index contributed by atoms with van der Waals surface area (Å²) >= 11 is 6.12. The van der Waals surface area contributed by atoms with Crippen molar-refractivity contribution in [2.45, 2.75) is 65.6 Å². The number of benzene rings is 2. The highest BCUT2D eigenvalue weighted by Crippen LogP contribution is 2.27. The summed E-state index contributed by atoms with van der Waals surface area (Å²) in [5, 5.41) is 3.37. The number of carbonyl (C=O) groups is 2. The Labute approximate surface area is 226 Å². The number of hydrogen-bond donors (Lipinski definition) is 1. The smallest absolute Gasteiger partial charge is 0.242 e. The van der Waals surface area contributed by atoms with Crippen molar-refractivity contribution in [3.8, 4) is 5.75 Å². The summed E-state index contributed by atoms with van der Waals surface area (Å²) in [5.41, 5.74) is 2.07. The average molecular weight is 552 g/mol. The van der Waals surface area contributed by atoms with E-state index in [4.69, 9.17) is 16.3 Å². The van der Waals surface area contributed by atoms with Crippen LogP contribution in [-0.4, -0.2) is 57.1 Å². The topological polar surface area (TPSA) is 96.0 Å². The summed E-state index contributed by atoms with van der Waals surface area (Å²) in [7, 11) is -2.04. The number of methoxy groups -OCH3 is 1. The molecule has 0 fully saturated rings. The second-order valence-electron chi connectivity index (χ2n) is 9.24. The minimum atomic E-state index is -3.61. The van der Waals surface area contributed by atoms with Crippen LogP contribution >= 0.6 is 11.6 Å². The lowest BCUT2D eigenvalue weighted by molar-refractivity contribution is -0.140. The van der Waals surface area contributed by atoms with Gasteiger partial charge in [-0.2, -0.15) is 0 Å². The maximum atomic E-state index is 13.4. The van der Waals surface area contributed by atoms with Crippen LogP contribution in [0.15, 0.2) is 42.5 Å². The van der Waals surface area contributed by atoms with Gasteiger partial charge >= 0.3 is 0 Å². The number of amides is 2. The number of nitrogens with one attached hydrogen (secondary N) is 1. The van der Waals surface area contributed by atoms with E-state index in [0.717, 1.165) is 23.8 Å². The van der Waals surface area contributed by atoms with Gasteiger partial charge in [-0.25, -0.2) is 8.42 Å². The molecule has 204 valence electrons. The van der Waals surface area contributed by atoms with Gasteiger partial charge in [0.25, 0.3) is 0 Å². The Balaban J connectivity index is 2.23. The first-order valence-electron chi connectivity index (χ1n) is 12.3. The van der Waals surface area contributed by atoms with E-state index in [1.807, 2.05) is 45.0 Å². The lowest BCUT2D eigenvalue weighted by Gasteiger charge is -2.30. The van der Waals surface area contributed by atoms with Crippen molar-refractivity contribution in [3.05, 3.63) is 58.6 Å². The van der Waals surface area contributed by atoms with E-state index >= 15 is 0 Å². The molecule has 0 heterocycles. The standard InChI is InChI=1S/C27H38ClN3O5S/c1-7-20(3)29-27(33)21(4)30(18-22-10-8-11-24(16-22)36-5)26(32)12-9-15-31(37(6,34)35)25-17-23(28)14-13-19(25)2/h8,10-11,13-14,16-17,20-21H,7,9,12,15,18H2,1-6H3,(H,29,33)/t20-,21-/m1/s1. The molecule has 0 aliphatic heterocycles. The minimum absolute atomic E-state index is 0.0204. The number of anilines is 1. The van der Waals surface area contributed by atoms with Gasteiger partial charge in [0.2, 0.25) is 21.8 Å². The van der Waals surface area contributed by atoms with E-state index in [0.29, 0.717) is 16.5 Å². The molecule has 2 amide bonds. The SMILES string of the molecule is CC[C@@H](C)NC(=O)[C@@H](C)N(Cc1cccc(OC)c1)C(=O)CCCN(c1cc(Cl)ccc1C)S(C)(=O)=O. The van der Waals surface area contributed by atoms with Crippen LogP contribution in [0.2, 0.25) is 5.02 Å². The number of hydrogen-bond acceptors (Lipinski definition) is 5. The van der Waals surface area contributed by atoms with E-state index in [9.17, 15) is 18.0 Å². The van der Waals surface area contributed by atoms with Crippen molar-refractivity contribution in [2.75, 3.05) is 24.2 Å². The predicted molar refractivity (Wildman–Crippen MR) is 149 cm³/mol. The highest BCUT2D eigenvalue weighted by molar-refractivity contribution is 7.92. The Kier molecular flexibility index (Phi) is 11.3. The number of carbonyl (C=O) groups excluding carboxylic acids is 2. The zero-order valence-electron chi connectivity index (χ0n) is 22.5. The first-order chi connectivity index (χ1) is 17.4. The van der Waals surface area contributed by atoms with Gasteiger partial charge < -0.3 is 15.0 Å². The summed E-state index contributed by atoms with van der Waals surface area (Å²) in [4.78, 5) is 27.9. The molecule has 10 heteroatoms. The molecule has 37 heavy (non-hydrogen) atoms. The van der Waals surface area contributed by atoms with Gasteiger partial charge in [-0.05, 0) is 69.0 Å². The van der Waals surface area contributed by atoms with Crippen LogP contribution in [-0.2, 0) is 26.2 Å². The van der Waals surface area contributed by atoms with Crippen LogP contribution in [0.4, 0.5) is 5.69 Å². The molecule has 0 bridgehead atoms. The molecular weight excluding hydrogens is 514 g/mol. The van der Waals surface area contributed by atoms with Gasteiger partial charge in [0.1, 0.15) is 11.8 Å². The van der Waals surface area contributed by atoms with Crippen molar-refractivity contribution < 1.29 is 22.7 Å². The van der Waals surface area contributed by atoms with E-state index in [2.05, 4.69) is 5.32 Å². The lowest BCUT2D eigenvalue weighted by atomic mass is 10.1. The molecule has 2 atom stereocenters. The molecule has 0 radical (unpaired) electrons. The normalized spacial score (nSPS) is 12.9. The Morgan fingerprint density at radius 1 is 1.14 bits per heavy atom. The Morgan fingerprint density at radius 3 is 2.46 bits per heavy atom. The van der Waals surface area contributed by atoms with Gasteiger partial charge in [0.05, 0.1) is 19.1 Å². The lowest BCUT2D eigenvalue weighted by Crippen LogP contribution is -2.49. The number of nitrogens with zero attached hydrogens (tertiary/aromatic N) is 2.